The molecule has 3 heterocycles. The quantitative estimate of drug-likeness (QED) is 0.824. The number of likely N-dealkylation sites (tertiary alicyclic amines) is 1. The molecule has 1 aliphatic rings. The van der Waals surface area contributed by atoms with Crippen molar-refractivity contribution in [2.75, 3.05) is 13.1 Å². The SMILES string of the molecule is Cc1nonc1CC(=O)N1CCC[C@@H](c2nc(CC(C)C)no2)C1. The lowest BCUT2D eigenvalue weighted by Crippen LogP contribution is -2.40. The van der Waals surface area contributed by atoms with E-state index in [1.807, 2.05) is 4.90 Å². The maximum atomic E-state index is 12.5. The highest BCUT2D eigenvalue weighted by Crippen LogP contribution is 2.26. The van der Waals surface area contributed by atoms with Gasteiger partial charge in [0.1, 0.15) is 11.4 Å². The number of nitrogens with zero attached hydrogens (tertiary/aromatic N) is 5. The fourth-order valence-electron chi connectivity index (χ4n) is 2.95. The van der Waals surface area contributed by atoms with E-state index >= 15 is 0 Å². The molecule has 3 rings (SSSR count). The van der Waals surface area contributed by atoms with Crippen LogP contribution >= 0.6 is 0 Å². The minimum Gasteiger partial charge on any atom is -0.342 e. The van der Waals surface area contributed by atoms with Gasteiger partial charge in [0.05, 0.1) is 12.3 Å². The summed E-state index contributed by atoms with van der Waals surface area (Å²) in [5, 5.41) is 11.6. The van der Waals surface area contributed by atoms with Gasteiger partial charge in [-0.05, 0) is 25.7 Å². The van der Waals surface area contributed by atoms with Crippen molar-refractivity contribution in [1.29, 1.82) is 0 Å². The number of hydrogen-bond donors (Lipinski definition) is 0. The Morgan fingerprint density at radius 2 is 2.17 bits per heavy atom. The zero-order chi connectivity index (χ0) is 17.1. The van der Waals surface area contributed by atoms with Crippen LogP contribution in [0.3, 0.4) is 0 Å². The predicted molar refractivity (Wildman–Crippen MR) is 84.1 cm³/mol. The maximum Gasteiger partial charge on any atom is 0.231 e. The highest BCUT2D eigenvalue weighted by molar-refractivity contribution is 5.78. The van der Waals surface area contributed by atoms with Gasteiger partial charge in [-0.15, -0.1) is 0 Å². The molecule has 8 nitrogen and oxygen atoms in total. The lowest BCUT2D eigenvalue weighted by Gasteiger charge is -2.30. The second kappa shape index (κ2) is 7.11. The second-order valence-electron chi connectivity index (χ2n) is 6.80. The van der Waals surface area contributed by atoms with Gasteiger partial charge >= 0.3 is 0 Å². The van der Waals surface area contributed by atoms with E-state index < -0.39 is 0 Å². The Labute approximate surface area is 140 Å². The molecular weight excluding hydrogens is 310 g/mol. The number of hydrogen-bond acceptors (Lipinski definition) is 7. The first kappa shape index (κ1) is 16.6. The molecule has 0 aliphatic carbocycles. The molecule has 0 unspecified atom stereocenters. The van der Waals surface area contributed by atoms with Crippen LogP contribution in [0.5, 0.6) is 0 Å². The number of carbonyl (C=O) groups excluding carboxylic acids is 1. The molecule has 1 amide bonds. The van der Waals surface area contributed by atoms with E-state index in [9.17, 15) is 4.79 Å². The summed E-state index contributed by atoms with van der Waals surface area (Å²) < 4.78 is 10.1. The van der Waals surface area contributed by atoms with Crippen molar-refractivity contribution in [3.63, 3.8) is 0 Å². The highest BCUT2D eigenvalue weighted by Gasteiger charge is 2.29. The molecule has 0 radical (unpaired) electrons. The van der Waals surface area contributed by atoms with Crippen LogP contribution in [0.2, 0.25) is 0 Å². The van der Waals surface area contributed by atoms with E-state index in [4.69, 9.17) is 4.52 Å². The van der Waals surface area contributed by atoms with Gasteiger partial charge in [0.15, 0.2) is 5.82 Å². The number of aryl methyl sites for hydroxylation is 1. The van der Waals surface area contributed by atoms with Crippen LogP contribution in [-0.2, 0) is 17.6 Å². The minimum absolute atomic E-state index is 0.0282. The van der Waals surface area contributed by atoms with Crippen molar-refractivity contribution in [2.24, 2.45) is 5.92 Å². The normalized spacial score (nSPS) is 18.3. The number of aromatic nitrogens is 4. The summed E-state index contributed by atoms with van der Waals surface area (Å²) in [6, 6.07) is 0. The van der Waals surface area contributed by atoms with E-state index in [1.54, 1.807) is 6.92 Å². The molecule has 0 saturated carbocycles. The Bertz CT molecular complexity index is 693. The molecule has 0 N–H and O–H groups in total. The molecule has 1 saturated heterocycles. The fraction of sp³-hybridized carbons (Fsp3) is 0.688. The third-order valence-electron chi connectivity index (χ3n) is 4.26. The summed E-state index contributed by atoms with van der Waals surface area (Å²) in [7, 11) is 0. The van der Waals surface area contributed by atoms with Crippen LogP contribution in [0.4, 0.5) is 0 Å². The summed E-state index contributed by atoms with van der Waals surface area (Å²) in [5.41, 5.74) is 1.26. The van der Waals surface area contributed by atoms with Crippen LogP contribution in [0.25, 0.3) is 0 Å². The first-order valence-electron chi connectivity index (χ1n) is 8.41. The van der Waals surface area contributed by atoms with Crippen molar-refractivity contribution in [1.82, 2.24) is 25.4 Å². The summed E-state index contributed by atoms with van der Waals surface area (Å²) >= 11 is 0. The van der Waals surface area contributed by atoms with Crippen molar-refractivity contribution in [3.8, 4) is 0 Å². The topological polar surface area (TPSA) is 98.2 Å². The van der Waals surface area contributed by atoms with Crippen LogP contribution in [0.1, 0.15) is 55.7 Å². The number of piperidine rings is 1. The first-order valence-corrected chi connectivity index (χ1v) is 8.41. The van der Waals surface area contributed by atoms with Crippen molar-refractivity contribution >= 4 is 5.91 Å². The fourth-order valence-corrected chi connectivity index (χ4v) is 2.95. The van der Waals surface area contributed by atoms with Crippen molar-refractivity contribution < 1.29 is 13.9 Å². The highest BCUT2D eigenvalue weighted by atomic mass is 16.6. The first-order chi connectivity index (χ1) is 11.5. The molecule has 24 heavy (non-hydrogen) atoms. The lowest BCUT2D eigenvalue weighted by atomic mass is 9.97. The Morgan fingerprint density at radius 3 is 2.88 bits per heavy atom. The molecule has 1 fully saturated rings. The zero-order valence-electron chi connectivity index (χ0n) is 14.4. The van der Waals surface area contributed by atoms with Crippen LogP contribution in [-0.4, -0.2) is 44.4 Å². The van der Waals surface area contributed by atoms with Gasteiger partial charge < -0.3 is 9.42 Å². The van der Waals surface area contributed by atoms with E-state index in [0.717, 1.165) is 31.6 Å². The third-order valence-corrected chi connectivity index (χ3v) is 4.26. The summed E-state index contributed by atoms with van der Waals surface area (Å²) in [5.74, 6) is 2.00. The molecule has 0 spiro atoms. The molecule has 0 bridgehead atoms. The summed E-state index contributed by atoms with van der Waals surface area (Å²) in [6.07, 6.45) is 2.90. The lowest BCUT2D eigenvalue weighted by molar-refractivity contribution is -0.131. The average Bonchev–Trinajstić information content (AvgIpc) is 3.17. The monoisotopic (exact) mass is 333 g/mol. The summed E-state index contributed by atoms with van der Waals surface area (Å²) in [4.78, 5) is 18.8. The molecule has 2 aromatic heterocycles. The number of carbonyl (C=O) groups is 1. The van der Waals surface area contributed by atoms with E-state index in [-0.39, 0.29) is 18.2 Å². The molecular formula is C16H23N5O3. The molecule has 0 aromatic carbocycles. The molecule has 8 heteroatoms. The largest absolute Gasteiger partial charge is 0.342 e. The molecule has 2 aromatic rings. The van der Waals surface area contributed by atoms with Gasteiger partial charge in [-0.25, -0.2) is 4.63 Å². The number of rotatable bonds is 5. The maximum absolute atomic E-state index is 12.5. The molecule has 1 aliphatic heterocycles. The Kier molecular flexibility index (Phi) is 4.92. The van der Waals surface area contributed by atoms with Gasteiger partial charge in [-0.3, -0.25) is 4.79 Å². The van der Waals surface area contributed by atoms with Gasteiger partial charge in [0.25, 0.3) is 0 Å². The zero-order valence-corrected chi connectivity index (χ0v) is 14.4. The third kappa shape index (κ3) is 3.80. The van der Waals surface area contributed by atoms with Gasteiger partial charge in [-0.1, -0.05) is 29.3 Å². The van der Waals surface area contributed by atoms with Crippen LogP contribution < -0.4 is 0 Å². The Balaban J connectivity index is 1.62. The summed E-state index contributed by atoms with van der Waals surface area (Å²) in [6.45, 7) is 7.38. The van der Waals surface area contributed by atoms with Crippen LogP contribution in [0, 0.1) is 12.8 Å². The standard InChI is InChI=1S/C16H23N5O3/c1-10(2)7-14-17-16(23-20-14)12-5-4-6-21(9-12)15(22)8-13-11(3)18-24-19-13/h10,12H,4-9H2,1-3H3/t12-/m1/s1. The van der Waals surface area contributed by atoms with Crippen molar-refractivity contribution in [2.45, 2.75) is 52.4 Å². The Morgan fingerprint density at radius 1 is 1.33 bits per heavy atom. The minimum atomic E-state index is 0.0282. The predicted octanol–water partition coefficient (Wildman–Crippen LogP) is 1.91. The van der Waals surface area contributed by atoms with Gasteiger partial charge in [-0.2, -0.15) is 4.98 Å². The Hall–Kier alpha value is -2.25. The van der Waals surface area contributed by atoms with E-state index in [1.165, 1.54) is 0 Å². The van der Waals surface area contributed by atoms with E-state index in [2.05, 4.69) is 38.9 Å². The molecule has 1 atom stereocenters. The van der Waals surface area contributed by atoms with Gasteiger partial charge in [0, 0.05) is 19.5 Å². The average molecular weight is 333 g/mol. The number of amides is 1. The van der Waals surface area contributed by atoms with E-state index in [0.29, 0.717) is 29.7 Å². The van der Waals surface area contributed by atoms with Crippen molar-refractivity contribution in [3.05, 3.63) is 23.1 Å². The second-order valence-corrected chi connectivity index (χ2v) is 6.80. The molecule has 130 valence electrons. The smallest absolute Gasteiger partial charge is 0.231 e. The van der Waals surface area contributed by atoms with Gasteiger partial charge in [0.2, 0.25) is 11.8 Å². The van der Waals surface area contributed by atoms with Crippen LogP contribution in [0.15, 0.2) is 9.15 Å².